The lowest BCUT2D eigenvalue weighted by Gasteiger charge is -2.27. The molecular formula is C57H58F4N12O5. The van der Waals surface area contributed by atoms with E-state index in [4.69, 9.17) is 29.2 Å². The fourth-order valence-corrected chi connectivity index (χ4v) is 10.8. The van der Waals surface area contributed by atoms with Crippen molar-refractivity contribution in [2.45, 2.75) is 116 Å². The second-order valence-corrected chi connectivity index (χ2v) is 21.0. The Bertz CT molecular complexity index is 3700. The van der Waals surface area contributed by atoms with Gasteiger partial charge in [0.15, 0.2) is 0 Å². The van der Waals surface area contributed by atoms with Crippen molar-refractivity contribution >= 4 is 55.7 Å². The number of alkyl halides is 4. The first-order valence-electron chi connectivity index (χ1n) is 26.5. The summed E-state index contributed by atoms with van der Waals surface area (Å²) < 4.78 is 76.9. The molecule has 0 spiro atoms. The van der Waals surface area contributed by atoms with E-state index >= 15 is 0 Å². The average molecular weight is 1070 g/mol. The van der Waals surface area contributed by atoms with Crippen LogP contribution < -0.4 is 19.5 Å². The first-order chi connectivity index (χ1) is 37.7. The summed E-state index contributed by atoms with van der Waals surface area (Å²) in [5.41, 5.74) is 8.58. The SMILES string of the molecule is COc1ccc([C@@H](C)N2C[C@H]([C@@H](C)Oc3nc(-c4ccc5c(cnn5CC(F)F)c4)cc4ncn(C5CC5)c34)CC2=O)cc1.C[C@@H](Oc1nc(-c2ccc3c(cnn3CC(F)F)c2)cc2ncn(C3CC3)c12)[C@H]1CNC(=O)C1. The molecule has 2 amide bonds. The molecule has 2 aliphatic carbocycles. The van der Waals surface area contributed by atoms with Crippen LogP contribution in [-0.2, 0) is 22.7 Å². The lowest BCUT2D eigenvalue weighted by atomic mass is 10.0. The minimum atomic E-state index is -2.49. The number of halogens is 4. The van der Waals surface area contributed by atoms with Crippen molar-refractivity contribution in [3.05, 3.63) is 103 Å². The smallest absolute Gasteiger partial charge is 0.257 e. The molecule has 78 heavy (non-hydrogen) atoms. The summed E-state index contributed by atoms with van der Waals surface area (Å²) in [6.07, 6.45) is 6.61. The van der Waals surface area contributed by atoms with Crippen molar-refractivity contribution in [1.29, 1.82) is 0 Å². The van der Waals surface area contributed by atoms with Crippen molar-refractivity contribution in [2.24, 2.45) is 11.8 Å². The number of fused-ring (bicyclic) bond motifs is 4. The van der Waals surface area contributed by atoms with Crippen LogP contribution in [0, 0.1) is 11.8 Å². The second kappa shape index (κ2) is 20.7. The van der Waals surface area contributed by atoms with E-state index < -0.39 is 25.9 Å². The van der Waals surface area contributed by atoms with Crippen molar-refractivity contribution in [2.75, 3.05) is 20.2 Å². The van der Waals surface area contributed by atoms with Gasteiger partial charge in [-0.2, -0.15) is 10.2 Å². The van der Waals surface area contributed by atoms with E-state index in [0.29, 0.717) is 72.2 Å². The first kappa shape index (κ1) is 50.7. The highest BCUT2D eigenvalue weighted by molar-refractivity contribution is 5.90. The minimum Gasteiger partial charge on any atom is -0.497 e. The largest absolute Gasteiger partial charge is 0.497 e. The van der Waals surface area contributed by atoms with E-state index in [1.165, 1.54) is 9.36 Å². The molecule has 2 aliphatic heterocycles. The Hall–Kier alpha value is -8.10. The number of carbonyl (C=O) groups excluding carboxylic acids is 2. The van der Waals surface area contributed by atoms with Gasteiger partial charge in [-0.15, -0.1) is 0 Å². The molecule has 0 bridgehead atoms. The van der Waals surface area contributed by atoms with Crippen LogP contribution in [0.4, 0.5) is 17.6 Å². The summed E-state index contributed by atoms with van der Waals surface area (Å²) in [6.45, 7) is 6.28. The van der Waals surface area contributed by atoms with E-state index in [1.807, 2.05) is 99.0 Å². The maximum Gasteiger partial charge on any atom is 0.257 e. The van der Waals surface area contributed by atoms with Crippen LogP contribution in [0.3, 0.4) is 0 Å². The van der Waals surface area contributed by atoms with Gasteiger partial charge < -0.3 is 33.6 Å². The van der Waals surface area contributed by atoms with Gasteiger partial charge in [0, 0.05) is 71.8 Å². The molecule has 6 aromatic heterocycles. The third kappa shape index (κ3) is 10.2. The Morgan fingerprint density at radius 3 is 1.63 bits per heavy atom. The molecule has 5 atom stereocenters. The molecule has 0 unspecified atom stereocenters. The van der Waals surface area contributed by atoms with E-state index in [0.717, 1.165) is 81.0 Å². The van der Waals surface area contributed by atoms with Gasteiger partial charge in [0.25, 0.3) is 12.9 Å². The molecule has 13 rings (SSSR count). The quantitative estimate of drug-likeness (QED) is 0.0860. The van der Waals surface area contributed by atoms with Gasteiger partial charge in [0.05, 0.1) is 71.7 Å². The highest BCUT2D eigenvalue weighted by atomic mass is 19.3. The zero-order valence-corrected chi connectivity index (χ0v) is 43.5. The number of methoxy groups -OCH3 is 1. The van der Waals surface area contributed by atoms with Crippen LogP contribution in [0.1, 0.15) is 83.0 Å². The summed E-state index contributed by atoms with van der Waals surface area (Å²) in [5.74, 6) is 1.96. The van der Waals surface area contributed by atoms with E-state index in [-0.39, 0.29) is 41.9 Å². The second-order valence-electron chi connectivity index (χ2n) is 21.0. The van der Waals surface area contributed by atoms with E-state index in [2.05, 4.69) is 29.6 Å². The highest BCUT2D eigenvalue weighted by Gasteiger charge is 2.38. The van der Waals surface area contributed by atoms with Gasteiger partial charge in [0.1, 0.15) is 42.1 Å². The predicted molar refractivity (Wildman–Crippen MR) is 284 cm³/mol. The number of rotatable bonds is 17. The number of benzene rings is 3. The van der Waals surface area contributed by atoms with E-state index in [9.17, 15) is 27.2 Å². The molecule has 9 aromatic rings. The van der Waals surface area contributed by atoms with Crippen LogP contribution >= 0.6 is 0 Å². The summed E-state index contributed by atoms with van der Waals surface area (Å²) in [4.78, 5) is 46.0. The molecule has 8 heterocycles. The van der Waals surface area contributed by atoms with Crippen LogP contribution in [-0.4, -0.2) is 111 Å². The lowest BCUT2D eigenvalue weighted by Crippen LogP contribution is -2.31. The van der Waals surface area contributed by atoms with Crippen LogP contribution in [0.2, 0.25) is 0 Å². The number of hydrogen-bond acceptors (Lipinski definition) is 11. The fourth-order valence-electron chi connectivity index (χ4n) is 10.8. The van der Waals surface area contributed by atoms with Gasteiger partial charge >= 0.3 is 0 Å². The zero-order chi connectivity index (χ0) is 53.9. The molecule has 2 saturated carbocycles. The number of pyridine rings is 2. The standard InChI is InChI=1S/C33H34F2N6O3.C24H24F2N6O2/c1-19(21-4-9-26(43-3)10-5-21)39-16-24(13-31(39)42)20(2)44-33-32-28(36-18-40(32)25-7-8-25)14-27(38-33)22-6-11-29-23(12-22)15-37-41(29)17-30(34)35;1-13(15-7-22(33)27-9-15)34-24-23-19(28-12-31(23)17-3-4-17)8-18(30-24)14-2-5-20-16(6-14)10-29-32(20)11-21(25)26/h4-6,9-12,14-15,18-20,24-25,30H,7-8,13,16-17H2,1-3H3;2,5-6,8,10,12-13,15,17,21H,3-4,7,9,11H2,1H3,(H,27,33)/t19-,20-,24-;13-,15-/m11/s1. The lowest BCUT2D eigenvalue weighted by molar-refractivity contribution is -0.129. The minimum absolute atomic E-state index is 0.0157. The number of aromatic nitrogens is 10. The number of hydrogen-bond donors (Lipinski definition) is 1. The molecule has 2 saturated heterocycles. The molecule has 3 aromatic carbocycles. The first-order valence-corrected chi connectivity index (χ1v) is 26.5. The summed E-state index contributed by atoms with van der Waals surface area (Å²) in [5, 5.41) is 12.6. The van der Waals surface area contributed by atoms with Gasteiger partial charge in [-0.25, -0.2) is 37.5 Å². The average Bonchev–Trinajstić information content (AvgIpc) is 4.07. The van der Waals surface area contributed by atoms with Gasteiger partial charge in [-0.3, -0.25) is 19.0 Å². The number of ether oxygens (including phenoxy) is 3. The molecule has 1 N–H and O–H groups in total. The Kier molecular flexibility index (Phi) is 13.5. The maximum absolute atomic E-state index is 13.2. The summed E-state index contributed by atoms with van der Waals surface area (Å²) in [7, 11) is 1.64. The van der Waals surface area contributed by atoms with Gasteiger partial charge in [-0.1, -0.05) is 24.3 Å². The Labute approximate surface area is 445 Å². The topological polar surface area (TPSA) is 174 Å². The molecule has 4 aliphatic rings. The van der Waals surface area contributed by atoms with Crippen molar-refractivity contribution in [3.63, 3.8) is 0 Å². The number of carbonyl (C=O) groups is 2. The number of nitrogens with one attached hydrogen (secondary N) is 1. The third-order valence-electron chi connectivity index (χ3n) is 15.6. The molecule has 21 heteroatoms. The number of imidazole rings is 2. The molecule has 4 fully saturated rings. The van der Waals surface area contributed by atoms with Gasteiger partial charge in [-0.05, 0) is 101 Å². The third-order valence-corrected chi connectivity index (χ3v) is 15.6. The molecule has 17 nitrogen and oxygen atoms in total. The summed E-state index contributed by atoms with van der Waals surface area (Å²) in [6, 6.07) is 23.5. The monoisotopic (exact) mass is 1070 g/mol. The zero-order valence-electron chi connectivity index (χ0n) is 43.5. The van der Waals surface area contributed by atoms with E-state index in [1.54, 1.807) is 31.6 Å². The van der Waals surface area contributed by atoms with Crippen LogP contribution in [0.25, 0.3) is 66.4 Å². The van der Waals surface area contributed by atoms with Crippen molar-refractivity contribution < 1.29 is 41.4 Å². The highest BCUT2D eigenvalue weighted by Crippen LogP contribution is 2.43. The fraction of sp³-hybridized carbons (Fsp3) is 0.404. The molecular weight excluding hydrogens is 1010 g/mol. The Morgan fingerprint density at radius 2 is 1.17 bits per heavy atom. The number of amides is 2. The van der Waals surface area contributed by atoms with Gasteiger partial charge in [0.2, 0.25) is 23.6 Å². The molecule has 0 radical (unpaired) electrons. The van der Waals surface area contributed by atoms with Crippen molar-refractivity contribution in [1.82, 2.24) is 58.8 Å². The number of likely N-dealkylation sites (tertiary alicyclic amines) is 1. The Morgan fingerprint density at radius 1 is 0.654 bits per heavy atom. The maximum atomic E-state index is 13.2. The molecule has 404 valence electrons. The normalized spacial score (nSPS) is 18.8. The number of nitrogens with zero attached hydrogens (tertiary/aromatic N) is 11. The summed E-state index contributed by atoms with van der Waals surface area (Å²) >= 11 is 0. The predicted octanol–water partition coefficient (Wildman–Crippen LogP) is 10.4. The van der Waals surface area contributed by atoms with Crippen LogP contribution in [0.5, 0.6) is 17.5 Å². The van der Waals surface area contributed by atoms with Crippen LogP contribution in [0.15, 0.2) is 97.8 Å². The Balaban J connectivity index is 0.000000161. The van der Waals surface area contributed by atoms with Crippen molar-refractivity contribution in [3.8, 4) is 40.0 Å².